The fraction of sp³-hybridized carbons (Fsp3) is 0.632. The minimum atomic E-state index is -0.0653. The van der Waals surface area contributed by atoms with Gasteiger partial charge in [-0.1, -0.05) is 30.3 Å². The zero-order valence-electron chi connectivity index (χ0n) is 14.6. The van der Waals surface area contributed by atoms with Gasteiger partial charge in [-0.25, -0.2) is 0 Å². The number of amides is 1. The lowest BCUT2D eigenvalue weighted by atomic mass is 9.98. The average molecular weight is 332 g/mol. The number of morpholine rings is 1. The Morgan fingerprint density at radius 3 is 2.75 bits per heavy atom. The first-order valence-corrected chi connectivity index (χ1v) is 8.97. The van der Waals surface area contributed by atoms with E-state index in [2.05, 4.69) is 31.3 Å². The van der Waals surface area contributed by atoms with E-state index in [9.17, 15) is 4.79 Å². The highest BCUT2D eigenvalue weighted by Gasteiger charge is 2.36. The minimum Gasteiger partial charge on any atom is -0.377 e. The number of carbonyl (C=O) groups is 1. The second-order valence-electron chi connectivity index (χ2n) is 6.82. The highest BCUT2D eigenvalue weighted by molar-refractivity contribution is 5.79. The first-order chi connectivity index (χ1) is 11.7. The molecule has 5 nitrogen and oxygen atoms in total. The van der Waals surface area contributed by atoms with E-state index in [0.29, 0.717) is 13.2 Å². The Kier molecular flexibility index (Phi) is 5.87. The van der Waals surface area contributed by atoms with Crippen LogP contribution in [0.4, 0.5) is 0 Å². The maximum absolute atomic E-state index is 12.7. The van der Waals surface area contributed by atoms with E-state index in [1.165, 1.54) is 0 Å². The van der Waals surface area contributed by atoms with Gasteiger partial charge in [0.2, 0.25) is 5.91 Å². The van der Waals surface area contributed by atoms with Gasteiger partial charge in [0.15, 0.2) is 0 Å². The minimum absolute atomic E-state index is 0.0215. The number of ether oxygens (including phenoxy) is 2. The summed E-state index contributed by atoms with van der Waals surface area (Å²) in [5, 5.41) is 3.26. The predicted octanol–water partition coefficient (Wildman–Crippen LogP) is 2.13. The van der Waals surface area contributed by atoms with Crippen LogP contribution in [0.2, 0.25) is 0 Å². The molecule has 2 aliphatic rings. The number of nitrogens with zero attached hydrogens (tertiary/aromatic N) is 1. The Bertz CT molecular complexity index is 531. The van der Waals surface area contributed by atoms with Gasteiger partial charge in [0.05, 0.1) is 31.3 Å². The Labute approximate surface area is 144 Å². The molecule has 0 radical (unpaired) electrons. The lowest BCUT2D eigenvalue weighted by Crippen LogP contribution is -2.55. The first-order valence-electron chi connectivity index (χ1n) is 8.97. The van der Waals surface area contributed by atoms with Crippen molar-refractivity contribution in [2.24, 2.45) is 0 Å². The van der Waals surface area contributed by atoms with Gasteiger partial charge in [-0.2, -0.15) is 0 Å². The number of rotatable bonds is 5. The largest absolute Gasteiger partial charge is 0.377 e. The monoisotopic (exact) mass is 332 g/mol. The van der Waals surface area contributed by atoms with Crippen LogP contribution < -0.4 is 5.32 Å². The van der Waals surface area contributed by atoms with Gasteiger partial charge in [-0.05, 0) is 32.3 Å². The van der Waals surface area contributed by atoms with Crippen LogP contribution in [0, 0.1) is 0 Å². The standard InChI is InChI=1S/C19H28N2O3/c1-14-13-24-19(16-7-4-3-5-8-16)15(2)21(14)18(22)12-20-11-17-9-6-10-23-17/h3-5,7-8,14-15,17,19-20H,6,9-13H2,1-2H3/t14-,15-,17+,19+/m1/s1. The molecule has 1 N–H and O–H groups in total. The lowest BCUT2D eigenvalue weighted by Gasteiger charge is -2.44. The quantitative estimate of drug-likeness (QED) is 0.897. The molecule has 5 heteroatoms. The van der Waals surface area contributed by atoms with Crippen molar-refractivity contribution in [1.82, 2.24) is 10.2 Å². The van der Waals surface area contributed by atoms with E-state index in [4.69, 9.17) is 9.47 Å². The molecule has 2 aliphatic heterocycles. The summed E-state index contributed by atoms with van der Waals surface area (Å²) in [7, 11) is 0. The van der Waals surface area contributed by atoms with Crippen molar-refractivity contribution in [2.45, 2.75) is 51.0 Å². The van der Waals surface area contributed by atoms with E-state index < -0.39 is 0 Å². The Hall–Kier alpha value is -1.43. The van der Waals surface area contributed by atoms with Crippen LogP contribution in [-0.2, 0) is 14.3 Å². The molecular formula is C19H28N2O3. The second-order valence-corrected chi connectivity index (χ2v) is 6.82. The van der Waals surface area contributed by atoms with E-state index >= 15 is 0 Å². The topological polar surface area (TPSA) is 50.8 Å². The van der Waals surface area contributed by atoms with Gasteiger partial charge in [0.25, 0.3) is 0 Å². The maximum Gasteiger partial charge on any atom is 0.237 e. The summed E-state index contributed by atoms with van der Waals surface area (Å²) in [6.07, 6.45) is 2.40. The summed E-state index contributed by atoms with van der Waals surface area (Å²) in [5.41, 5.74) is 1.13. The molecule has 4 atom stereocenters. The molecule has 132 valence electrons. The predicted molar refractivity (Wildman–Crippen MR) is 92.7 cm³/mol. The van der Waals surface area contributed by atoms with Crippen LogP contribution in [0.5, 0.6) is 0 Å². The number of hydrogen-bond donors (Lipinski definition) is 1. The van der Waals surface area contributed by atoms with Crippen LogP contribution in [0.1, 0.15) is 38.4 Å². The van der Waals surface area contributed by atoms with Crippen LogP contribution >= 0.6 is 0 Å². The third-order valence-electron chi connectivity index (χ3n) is 4.96. The molecule has 0 saturated carbocycles. The third-order valence-corrected chi connectivity index (χ3v) is 4.96. The van der Waals surface area contributed by atoms with Crippen molar-refractivity contribution in [2.75, 3.05) is 26.3 Å². The van der Waals surface area contributed by atoms with Crippen LogP contribution in [0.15, 0.2) is 30.3 Å². The number of nitrogens with one attached hydrogen (secondary N) is 1. The number of benzene rings is 1. The molecule has 1 aromatic carbocycles. The number of carbonyl (C=O) groups excluding carboxylic acids is 1. The van der Waals surface area contributed by atoms with Crippen LogP contribution in [0.25, 0.3) is 0 Å². The van der Waals surface area contributed by atoms with Crippen molar-refractivity contribution in [3.05, 3.63) is 35.9 Å². The Balaban J connectivity index is 1.58. The third kappa shape index (κ3) is 3.97. The zero-order valence-corrected chi connectivity index (χ0v) is 14.6. The summed E-state index contributed by atoms with van der Waals surface area (Å²) in [4.78, 5) is 14.7. The highest BCUT2D eigenvalue weighted by atomic mass is 16.5. The first kappa shape index (κ1) is 17.4. The smallest absolute Gasteiger partial charge is 0.237 e. The molecule has 0 aromatic heterocycles. The Morgan fingerprint density at radius 1 is 1.25 bits per heavy atom. The summed E-state index contributed by atoms with van der Waals surface area (Å²) in [6, 6.07) is 10.3. The summed E-state index contributed by atoms with van der Waals surface area (Å²) in [6.45, 7) is 6.65. The van der Waals surface area contributed by atoms with E-state index in [0.717, 1.165) is 31.6 Å². The van der Waals surface area contributed by atoms with Crippen LogP contribution in [-0.4, -0.2) is 55.3 Å². The van der Waals surface area contributed by atoms with E-state index in [-0.39, 0.29) is 30.2 Å². The molecule has 2 fully saturated rings. The van der Waals surface area contributed by atoms with Gasteiger partial charge in [0.1, 0.15) is 6.10 Å². The lowest BCUT2D eigenvalue weighted by molar-refractivity contribution is -0.152. The summed E-state index contributed by atoms with van der Waals surface area (Å²) < 4.78 is 11.6. The van der Waals surface area contributed by atoms with Crippen molar-refractivity contribution in [1.29, 1.82) is 0 Å². The van der Waals surface area contributed by atoms with Crippen molar-refractivity contribution >= 4 is 5.91 Å². The molecule has 0 aliphatic carbocycles. The molecule has 1 amide bonds. The molecule has 0 spiro atoms. The maximum atomic E-state index is 12.7. The molecule has 0 unspecified atom stereocenters. The highest BCUT2D eigenvalue weighted by Crippen LogP contribution is 2.30. The molecule has 0 bridgehead atoms. The van der Waals surface area contributed by atoms with E-state index in [1.807, 2.05) is 23.1 Å². The van der Waals surface area contributed by atoms with Crippen molar-refractivity contribution in [3.63, 3.8) is 0 Å². The fourth-order valence-electron chi connectivity index (χ4n) is 3.74. The van der Waals surface area contributed by atoms with Gasteiger partial charge in [-0.3, -0.25) is 4.79 Å². The molecule has 2 saturated heterocycles. The molecule has 3 rings (SSSR count). The molecule has 2 heterocycles. The Morgan fingerprint density at radius 2 is 2.04 bits per heavy atom. The normalized spacial score (nSPS) is 30.5. The zero-order chi connectivity index (χ0) is 16.9. The van der Waals surface area contributed by atoms with Gasteiger partial charge in [-0.15, -0.1) is 0 Å². The SMILES string of the molecule is C[C@@H]1CO[C@H](c2ccccc2)[C@@H](C)N1C(=O)CNC[C@@H]1CCCO1. The fourth-order valence-corrected chi connectivity index (χ4v) is 3.74. The van der Waals surface area contributed by atoms with Crippen molar-refractivity contribution in [3.8, 4) is 0 Å². The van der Waals surface area contributed by atoms with Crippen LogP contribution in [0.3, 0.4) is 0 Å². The molecule has 24 heavy (non-hydrogen) atoms. The van der Waals surface area contributed by atoms with Gasteiger partial charge in [0, 0.05) is 13.2 Å². The summed E-state index contributed by atoms with van der Waals surface area (Å²) in [5.74, 6) is 0.136. The number of hydrogen-bond acceptors (Lipinski definition) is 4. The van der Waals surface area contributed by atoms with Gasteiger partial charge >= 0.3 is 0 Å². The summed E-state index contributed by atoms with van der Waals surface area (Å²) >= 11 is 0. The van der Waals surface area contributed by atoms with E-state index in [1.54, 1.807) is 0 Å². The van der Waals surface area contributed by atoms with Crippen molar-refractivity contribution < 1.29 is 14.3 Å². The molecular weight excluding hydrogens is 304 g/mol. The molecule has 1 aromatic rings. The average Bonchev–Trinajstić information content (AvgIpc) is 3.09. The van der Waals surface area contributed by atoms with Gasteiger partial charge < -0.3 is 19.7 Å². The second kappa shape index (κ2) is 8.10.